The number of ether oxygens (including phenoxy) is 1. The van der Waals surface area contributed by atoms with Gasteiger partial charge in [-0.2, -0.15) is 0 Å². The van der Waals surface area contributed by atoms with Crippen LogP contribution in [0.4, 0.5) is 4.79 Å². The molecule has 1 aromatic heterocycles. The van der Waals surface area contributed by atoms with Gasteiger partial charge in [-0.15, -0.1) is 0 Å². The molecule has 1 amide bonds. The molecule has 0 N–H and O–H groups in total. The highest BCUT2D eigenvalue weighted by Gasteiger charge is 2.28. The highest BCUT2D eigenvalue weighted by Crippen LogP contribution is 2.21. The SMILES string of the molecule is CN(C[C@@H]1CCCN1Cc1ccncc1)C(=O)OC(C)(C)C. The van der Waals surface area contributed by atoms with Crippen molar-refractivity contribution in [2.45, 2.75) is 51.8 Å². The summed E-state index contributed by atoms with van der Waals surface area (Å²) in [5.41, 5.74) is 0.819. The molecule has 122 valence electrons. The van der Waals surface area contributed by atoms with Crippen molar-refractivity contribution in [1.82, 2.24) is 14.8 Å². The van der Waals surface area contributed by atoms with Gasteiger partial charge in [0.05, 0.1) is 0 Å². The first kappa shape index (κ1) is 16.7. The van der Waals surface area contributed by atoms with Crippen molar-refractivity contribution < 1.29 is 9.53 Å². The number of rotatable bonds is 4. The highest BCUT2D eigenvalue weighted by atomic mass is 16.6. The van der Waals surface area contributed by atoms with Crippen LogP contribution in [0.5, 0.6) is 0 Å². The zero-order valence-corrected chi connectivity index (χ0v) is 14.1. The molecular formula is C17H27N3O2. The van der Waals surface area contributed by atoms with E-state index in [0.29, 0.717) is 12.6 Å². The maximum absolute atomic E-state index is 12.1. The van der Waals surface area contributed by atoms with Gasteiger partial charge in [-0.1, -0.05) is 0 Å². The first-order chi connectivity index (χ1) is 10.3. The largest absolute Gasteiger partial charge is 0.444 e. The summed E-state index contributed by atoms with van der Waals surface area (Å²) in [5, 5.41) is 0. The molecule has 1 aliphatic heterocycles. The Hall–Kier alpha value is -1.62. The number of hydrogen-bond donors (Lipinski definition) is 0. The lowest BCUT2D eigenvalue weighted by atomic mass is 10.2. The van der Waals surface area contributed by atoms with E-state index >= 15 is 0 Å². The molecule has 0 radical (unpaired) electrons. The van der Waals surface area contributed by atoms with Gasteiger partial charge in [0.2, 0.25) is 0 Å². The van der Waals surface area contributed by atoms with Crippen LogP contribution in [0.3, 0.4) is 0 Å². The predicted molar refractivity (Wildman–Crippen MR) is 86.5 cm³/mol. The van der Waals surface area contributed by atoms with Crippen LogP contribution in [0.2, 0.25) is 0 Å². The van der Waals surface area contributed by atoms with Crippen LogP contribution >= 0.6 is 0 Å². The van der Waals surface area contributed by atoms with E-state index in [1.807, 2.05) is 52.3 Å². The number of nitrogens with zero attached hydrogens (tertiary/aromatic N) is 3. The molecule has 5 nitrogen and oxygen atoms in total. The molecule has 0 aromatic carbocycles. The molecule has 2 heterocycles. The minimum absolute atomic E-state index is 0.247. The quantitative estimate of drug-likeness (QED) is 0.858. The number of likely N-dealkylation sites (N-methyl/N-ethyl adjacent to an activating group) is 1. The second-order valence-corrected chi connectivity index (χ2v) is 6.98. The summed E-state index contributed by atoms with van der Waals surface area (Å²) >= 11 is 0. The van der Waals surface area contributed by atoms with Crippen molar-refractivity contribution in [3.8, 4) is 0 Å². The van der Waals surface area contributed by atoms with Crippen LogP contribution in [0, 0.1) is 0 Å². The molecule has 0 unspecified atom stereocenters. The van der Waals surface area contributed by atoms with Gasteiger partial charge >= 0.3 is 6.09 Å². The van der Waals surface area contributed by atoms with Crippen LogP contribution < -0.4 is 0 Å². The first-order valence-corrected chi connectivity index (χ1v) is 7.92. The number of carbonyl (C=O) groups is 1. The predicted octanol–water partition coefficient (Wildman–Crippen LogP) is 2.91. The standard InChI is InChI=1S/C17H27N3O2/c1-17(2,3)22-16(21)19(4)13-15-6-5-11-20(15)12-14-7-9-18-10-8-14/h7-10,15H,5-6,11-13H2,1-4H3/t15-/m0/s1. The van der Waals surface area contributed by atoms with Gasteiger partial charge in [0, 0.05) is 38.6 Å². The van der Waals surface area contributed by atoms with Gasteiger partial charge in [-0.25, -0.2) is 4.79 Å². The summed E-state index contributed by atoms with van der Waals surface area (Å²) in [6.07, 6.45) is 5.71. The van der Waals surface area contributed by atoms with Gasteiger partial charge in [0.1, 0.15) is 5.60 Å². The Morgan fingerprint density at radius 3 is 2.73 bits per heavy atom. The fourth-order valence-corrected chi connectivity index (χ4v) is 2.76. The lowest BCUT2D eigenvalue weighted by Crippen LogP contribution is -2.42. The lowest BCUT2D eigenvalue weighted by molar-refractivity contribution is 0.0256. The summed E-state index contributed by atoms with van der Waals surface area (Å²) in [7, 11) is 1.82. The normalized spacial score (nSPS) is 19.2. The van der Waals surface area contributed by atoms with E-state index in [2.05, 4.69) is 9.88 Å². The van der Waals surface area contributed by atoms with Crippen LogP contribution in [-0.4, -0.2) is 52.7 Å². The van der Waals surface area contributed by atoms with Gasteiger partial charge in [0.15, 0.2) is 0 Å². The average molecular weight is 305 g/mol. The highest BCUT2D eigenvalue weighted by molar-refractivity contribution is 5.67. The molecular weight excluding hydrogens is 278 g/mol. The summed E-state index contributed by atoms with van der Waals surface area (Å²) in [4.78, 5) is 20.3. The molecule has 1 atom stereocenters. The Morgan fingerprint density at radius 2 is 2.09 bits per heavy atom. The van der Waals surface area contributed by atoms with E-state index in [9.17, 15) is 4.79 Å². The monoisotopic (exact) mass is 305 g/mol. The third-order valence-corrected chi connectivity index (χ3v) is 3.82. The van der Waals surface area contributed by atoms with E-state index in [4.69, 9.17) is 4.74 Å². The van der Waals surface area contributed by atoms with Crippen LogP contribution in [0.1, 0.15) is 39.2 Å². The molecule has 1 saturated heterocycles. The van der Waals surface area contributed by atoms with E-state index in [-0.39, 0.29) is 6.09 Å². The molecule has 0 aliphatic carbocycles. The Morgan fingerprint density at radius 1 is 1.41 bits per heavy atom. The number of pyridine rings is 1. The van der Waals surface area contributed by atoms with Crippen molar-refractivity contribution in [2.24, 2.45) is 0 Å². The number of carbonyl (C=O) groups excluding carboxylic acids is 1. The van der Waals surface area contributed by atoms with Gasteiger partial charge in [-0.05, 0) is 57.9 Å². The lowest BCUT2D eigenvalue weighted by Gasteiger charge is -2.30. The Bertz CT molecular complexity index is 484. The second-order valence-electron chi connectivity index (χ2n) is 6.98. The molecule has 0 saturated carbocycles. The van der Waals surface area contributed by atoms with Crippen LogP contribution in [-0.2, 0) is 11.3 Å². The molecule has 1 aliphatic rings. The van der Waals surface area contributed by atoms with Crippen molar-refractivity contribution in [3.05, 3.63) is 30.1 Å². The number of amides is 1. The summed E-state index contributed by atoms with van der Waals surface area (Å²) in [6.45, 7) is 8.38. The van der Waals surface area contributed by atoms with Crippen molar-refractivity contribution >= 4 is 6.09 Å². The Labute approximate surface area is 133 Å². The minimum atomic E-state index is -0.447. The third kappa shape index (κ3) is 4.98. The minimum Gasteiger partial charge on any atom is -0.444 e. The fraction of sp³-hybridized carbons (Fsp3) is 0.647. The van der Waals surface area contributed by atoms with Crippen LogP contribution in [0.15, 0.2) is 24.5 Å². The third-order valence-electron chi connectivity index (χ3n) is 3.82. The van der Waals surface area contributed by atoms with Crippen molar-refractivity contribution in [1.29, 1.82) is 0 Å². The van der Waals surface area contributed by atoms with E-state index in [0.717, 1.165) is 19.5 Å². The molecule has 22 heavy (non-hydrogen) atoms. The molecule has 2 rings (SSSR count). The van der Waals surface area contributed by atoms with E-state index in [1.54, 1.807) is 4.90 Å². The van der Waals surface area contributed by atoms with Gasteiger partial charge < -0.3 is 9.64 Å². The average Bonchev–Trinajstić information content (AvgIpc) is 2.85. The number of likely N-dealkylation sites (tertiary alicyclic amines) is 1. The Kier molecular flexibility index (Phi) is 5.40. The van der Waals surface area contributed by atoms with Gasteiger partial charge in [-0.3, -0.25) is 9.88 Å². The first-order valence-electron chi connectivity index (χ1n) is 7.92. The maximum atomic E-state index is 12.1. The van der Waals surface area contributed by atoms with Crippen LogP contribution in [0.25, 0.3) is 0 Å². The summed E-state index contributed by atoms with van der Waals surface area (Å²) < 4.78 is 5.42. The summed E-state index contributed by atoms with van der Waals surface area (Å²) in [6, 6.07) is 4.49. The van der Waals surface area contributed by atoms with E-state index < -0.39 is 5.60 Å². The second kappa shape index (κ2) is 7.09. The van der Waals surface area contributed by atoms with Gasteiger partial charge in [0.25, 0.3) is 0 Å². The zero-order chi connectivity index (χ0) is 16.2. The number of aromatic nitrogens is 1. The molecule has 0 bridgehead atoms. The smallest absolute Gasteiger partial charge is 0.410 e. The van der Waals surface area contributed by atoms with Crippen molar-refractivity contribution in [3.63, 3.8) is 0 Å². The Balaban J connectivity index is 1.89. The van der Waals surface area contributed by atoms with E-state index in [1.165, 1.54) is 12.0 Å². The number of hydrogen-bond acceptors (Lipinski definition) is 4. The molecule has 0 spiro atoms. The molecule has 1 fully saturated rings. The molecule has 5 heteroatoms. The zero-order valence-electron chi connectivity index (χ0n) is 14.1. The summed E-state index contributed by atoms with van der Waals surface area (Å²) in [5.74, 6) is 0. The molecule has 1 aromatic rings. The fourth-order valence-electron chi connectivity index (χ4n) is 2.76. The topological polar surface area (TPSA) is 45.7 Å². The van der Waals surface area contributed by atoms with Crippen molar-refractivity contribution in [2.75, 3.05) is 20.1 Å². The maximum Gasteiger partial charge on any atom is 0.410 e.